The van der Waals surface area contributed by atoms with E-state index in [0.717, 1.165) is 59.3 Å². The third-order valence-corrected chi connectivity index (χ3v) is 6.02. The third-order valence-electron chi connectivity index (χ3n) is 6.02. The molecule has 0 spiro atoms. The highest BCUT2D eigenvalue weighted by Crippen LogP contribution is 2.30. The summed E-state index contributed by atoms with van der Waals surface area (Å²) < 4.78 is 7.60. The second-order valence-corrected chi connectivity index (χ2v) is 8.25. The fraction of sp³-hybridized carbons (Fsp3) is 0.375. The van der Waals surface area contributed by atoms with E-state index in [9.17, 15) is 0 Å². The monoisotopic (exact) mass is 416 g/mol. The first-order valence-corrected chi connectivity index (χ1v) is 11.0. The van der Waals surface area contributed by atoms with E-state index in [1.807, 2.05) is 26.1 Å². The van der Waals surface area contributed by atoms with E-state index < -0.39 is 0 Å². The number of nitrogens with zero attached hydrogens (tertiary/aromatic N) is 5. The molecule has 1 aliphatic heterocycles. The van der Waals surface area contributed by atoms with Crippen LogP contribution in [-0.2, 0) is 6.54 Å². The second-order valence-electron chi connectivity index (χ2n) is 8.25. The van der Waals surface area contributed by atoms with Crippen LogP contribution in [0.2, 0.25) is 0 Å². The topological polar surface area (TPSA) is 72.0 Å². The van der Waals surface area contributed by atoms with Gasteiger partial charge in [0.2, 0.25) is 5.95 Å². The van der Waals surface area contributed by atoms with Crippen LogP contribution in [-0.4, -0.2) is 50.8 Å². The zero-order valence-electron chi connectivity index (χ0n) is 18.1. The molecular weight excluding hydrogens is 388 g/mol. The van der Waals surface area contributed by atoms with Gasteiger partial charge in [-0.2, -0.15) is 4.98 Å². The number of benzene rings is 1. The van der Waals surface area contributed by atoms with Gasteiger partial charge in [-0.05, 0) is 51.4 Å². The van der Waals surface area contributed by atoms with Crippen LogP contribution in [0.4, 0.5) is 5.95 Å². The summed E-state index contributed by atoms with van der Waals surface area (Å²) in [6.07, 6.45) is 4.48. The van der Waals surface area contributed by atoms with Gasteiger partial charge >= 0.3 is 0 Å². The molecule has 4 aromatic rings. The van der Waals surface area contributed by atoms with Crippen LogP contribution in [0.3, 0.4) is 0 Å². The predicted molar refractivity (Wildman–Crippen MR) is 122 cm³/mol. The van der Waals surface area contributed by atoms with Crippen molar-refractivity contribution in [2.75, 3.05) is 31.5 Å². The third kappa shape index (κ3) is 4.05. The highest BCUT2D eigenvalue weighted by molar-refractivity contribution is 5.81. The lowest BCUT2D eigenvalue weighted by Crippen LogP contribution is -2.26. The molecular formula is C24H28N6O. The second kappa shape index (κ2) is 8.51. The minimum absolute atomic E-state index is 0.732. The van der Waals surface area contributed by atoms with Crippen molar-refractivity contribution in [3.05, 3.63) is 59.6 Å². The number of rotatable bonds is 7. The molecule has 0 aliphatic carbocycles. The minimum atomic E-state index is 0.732. The van der Waals surface area contributed by atoms with Crippen molar-refractivity contribution in [3.63, 3.8) is 0 Å². The van der Waals surface area contributed by atoms with Crippen LogP contribution < -0.4 is 5.32 Å². The summed E-state index contributed by atoms with van der Waals surface area (Å²) in [6, 6.07) is 12.6. The maximum atomic E-state index is 5.38. The van der Waals surface area contributed by atoms with Crippen LogP contribution in [0.25, 0.3) is 22.3 Å². The van der Waals surface area contributed by atoms with Gasteiger partial charge in [-0.15, -0.1) is 0 Å². The van der Waals surface area contributed by atoms with Gasteiger partial charge in [0.1, 0.15) is 5.76 Å². The van der Waals surface area contributed by atoms with E-state index in [1.165, 1.54) is 31.5 Å². The standard InChI is InChI=1S/C24H28N6O/c1-17-22(18(2)31-28-17)20-14-21-23(26-15-20)27-24(25-10-13-29-11-6-7-12-29)30(21)16-19-8-4-3-5-9-19/h3-5,8-9,14-15H,6-7,10-13,16H2,1-2H3,(H,25,26,27). The zero-order chi connectivity index (χ0) is 21.2. The molecule has 7 nitrogen and oxygen atoms in total. The Bertz CT molecular complexity index is 1150. The molecule has 3 aromatic heterocycles. The fourth-order valence-corrected chi connectivity index (χ4v) is 4.43. The average Bonchev–Trinajstić information content (AvgIpc) is 3.49. The number of anilines is 1. The van der Waals surface area contributed by atoms with Gasteiger partial charge in [0.25, 0.3) is 0 Å². The van der Waals surface area contributed by atoms with Crippen molar-refractivity contribution in [2.24, 2.45) is 0 Å². The van der Waals surface area contributed by atoms with E-state index in [0.29, 0.717) is 0 Å². The number of aromatic nitrogens is 4. The molecule has 0 amide bonds. The quantitative estimate of drug-likeness (QED) is 0.485. The van der Waals surface area contributed by atoms with Gasteiger partial charge in [0, 0.05) is 30.4 Å². The first-order chi connectivity index (χ1) is 15.2. The molecule has 7 heteroatoms. The lowest BCUT2D eigenvalue weighted by molar-refractivity contribution is 0.352. The number of imidazole rings is 1. The highest BCUT2D eigenvalue weighted by Gasteiger charge is 2.17. The molecule has 1 aliphatic rings. The van der Waals surface area contributed by atoms with Crippen molar-refractivity contribution >= 4 is 17.1 Å². The summed E-state index contributed by atoms with van der Waals surface area (Å²) >= 11 is 0. The molecule has 31 heavy (non-hydrogen) atoms. The van der Waals surface area contributed by atoms with Crippen LogP contribution in [0.15, 0.2) is 47.1 Å². The molecule has 4 heterocycles. The number of nitrogens with one attached hydrogen (secondary N) is 1. The number of fused-ring (bicyclic) bond motifs is 1. The summed E-state index contributed by atoms with van der Waals surface area (Å²) in [7, 11) is 0. The molecule has 0 saturated carbocycles. The van der Waals surface area contributed by atoms with Gasteiger partial charge < -0.3 is 19.3 Å². The van der Waals surface area contributed by atoms with Crippen molar-refractivity contribution in [1.82, 2.24) is 24.6 Å². The average molecular weight is 417 g/mol. The van der Waals surface area contributed by atoms with Gasteiger partial charge in [-0.25, -0.2) is 4.98 Å². The Morgan fingerprint density at radius 3 is 2.65 bits per heavy atom. The minimum Gasteiger partial charge on any atom is -0.361 e. The lowest BCUT2D eigenvalue weighted by Gasteiger charge is -2.16. The Kier molecular flexibility index (Phi) is 5.42. The number of aryl methyl sites for hydroxylation is 2. The first kappa shape index (κ1) is 19.8. The Labute approximate surface area is 182 Å². The van der Waals surface area contributed by atoms with E-state index >= 15 is 0 Å². The van der Waals surface area contributed by atoms with Crippen LogP contribution in [0.1, 0.15) is 29.9 Å². The maximum absolute atomic E-state index is 5.38. The molecule has 0 radical (unpaired) electrons. The number of hydrogen-bond donors (Lipinski definition) is 1. The number of likely N-dealkylation sites (tertiary alicyclic amines) is 1. The van der Waals surface area contributed by atoms with Gasteiger partial charge in [0.05, 0.1) is 17.8 Å². The van der Waals surface area contributed by atoms with Crippen LogP contribution in [0.5, 0.6) is 0 Å². The SMILES string of the molecule is Cc1noc(C)c1-c1cnc2nc(NCCN3CCCC3)n(Cc3ccccc3)c2c1. The Morgan fingerprint density at radius 2 is 1.90 bits per heavy atom. The first-order valence-electron chi connectivity index (χ1n) is 11.0. The summed E-state index contributed by atoms with van der Waals surface area (Å²) in [5.41, 5.74) is 5.86. The van der Waals surface area contributed by atoms with Crippen molar-refractivity contribution in [3.8, 4) is 11.1 Å². The zero-order valence-corrected chi connectivity index (χ0v) is 18.1. The van der Waals surface area contributed by atoms with Crippen molar-refractivity contribution in [1.29, 1.82) is 0 Å². The molecule has 0 unspecified atom stereocenters. The van der Waals surface area contributed by atoms with E-state index in [2.05, 4.69) is 55.3 Å². The Hall–Kier alpha value is -3.19. The number of hydrogen-bond acceptors (Lipinski definition) is 6. The normalized spacial score (nSPS) is 14.5. The maximum Gasteiger partial charge on any atom is 0.205 e. The highest BCUT2D eigenvalue weighted by atomic mass is 16.5. The molecule has 160 valence electrons. The molecule has 0 bridgehead atoms. The fourth-order valence-electron chi connectivity index (χ4n) is 4.43. The summed E-state index contributed by atoms with van der Waals surface area (Å²) in [5, 5.41) is 7.67. The summed E-state index contributed by atoms with van der Waals surface area (Å²) in [4.78, 5) is 12.0. The Morgan fingerprint density at radius 1 is 1.10 bits per heavy atom. The summed E-state index contributed by atoms with van der Waals surface area (Å²) in [5.74, 6) is 1.66. The van der Waals surface area contributed by atoms with E-state index in [1.54, 1.807) is 0 Å². The Balaban J connectivity index is 1.50. The lowest BCUT2D eigenvalue weighted by atomic mass is 10.1. The molecule has 1 aromatic carbocycles. The van der Waals surface area contributed by atoms with E-state index in [4.69, 9.17) is 9.51 Å². The van der Waals surface area contributed by atoms with Gasteiger partial charge in [-0.3, -0.25) is 0 Å². The number of pyridine rings is 1. The van der Waals surface area contributed by atoms with Crippen molar-refractivity contribution < 1.29 is 4.52 Å². The summed E-state index contributed by atoms with van der Waals surface area (Å²) in [6.45, 7) is 8.93. The predicted octanol–water partition coefficient (Wildman–Crippen LogP) is 4.26. The van der Waals surface area contributed by atoms with E-state index in [-0.39, 0.29) is 0 Å². The van der Waals surface area contributed by atoms with Crippen molar-refractivity contribution in [2.45, 2.75) is 33.2 Å². The molecule has 1 fully saturated rings. The van der Waals surface area contributed by atoms with Crippen LogP contribution >= 0.6 is 0 Å². The molecule has 5 rings (SSSR count). The molecule has 1 N–H and O–H groups in total. The van der Waals surface area contributed by atoms with Gasteiger partial charge in [-0.1, -0.05) is 35.5 Å². The van der Waals surface area contributed by atoms with Crippen LogP contribution in [0, 0.1) is 13.8 Å². The van der Waals surface area contributed by atoms with Gasteiger partial charge in [0.15, 0.2) is 5.65 Å². The molecule has 1 saturated heterocycles. The largest absolute Gasteiger partial charge is 0.361 e. The molecule has 0 atom stereocenters. The smallest absolute Gasteiger partial charge is 0.205 e.